The smallest absolute Gasteiger partial charge is 0.241 e. The number of nitrogens with one attached hydrogen (secondary N) is 1. The molecule has 0 aliphatic carbocycles. The standard InChI is InChI=1S/C24H27NO3S/c1-18(19-10-12-20(13-11-19)24(2,3)4)25-29(26,27)23-16-14-22(15-17-23)28-21-8-6-5-7-9-21/h5-18,25H,1-4H3. The third-order valence-corrected chi connectivity index (χ3v) is 6.28. The zero-order valence-corrected chi connectivity index (χ0v) is 18.0. The highest BCUT2D eigenvalue weighted by molar-refractivity contribution is 7.89. The van der Waals surface area contributed by atoms with Crippen molar-refractivity contribution in [1.82, 2.24) is 4.72 Å². The van der Waals surface area contributed by atoms with E-state index in [0.717, 1.165) is 5.56 Å². The average molecular weight is 410 g/mol. The number of benzene rings is 3. The van der Waals surface area contributed by atoms with Crippen LogP contribution < -0.4 is 9.46 Å². The zero-order valence-electron chi connectivity index (χ0n) is 17.2. The van der Waals surface area contributed by atoms with E-state index in [1.54, 1.807) is 24.3 Å². The first-order chi connectivity index (χ1) is 13.6. The zero-order chi connectivity index (χ0) is 21.1. The summed E-state index contributed by atoms with van der Waals surface area (Å²) in [6, 6.07) is 23.5. The van der Waals surface area contributed by atoms with E-state index >= 15 is 0 Å². The molecule has 0 saturated heterocycles. The molecule has 152 valence electrons. The van der Waals surface area contributed by atoms with Gasteiger partial charge in [-0.05, 0) is 59.9 Å². The van der Waals surface area contributed by atoms with Crippen LogP contribution in [0.4, 0.5) is 0 Å². The second kappa shape index (κ2) is 8.39. The van der Waals surface area contributed by atoms with Gasteiger partial charge in [0.1, 0.15) is 11.5 Å². The molecule has 0 aliphatic heterocycles. The minimum Gasteiger partial charge on any atom is -0.457 e. The van der Waals surface area contributed by atoms with Crippen molar-refractivity contribution in [2.75, 3.05) is 0 Å². The van der Waals surface area contributed by atoms with E-state index in [1.807, 2.05) is 49.4 Å². The van der Waals surface area contributed by atoms with Crippen molar-refractivity contribution in [2.45, 2.75) is 44.0 Å². The third kappa shape index (κ3) is 5.46. The Morgan fingerprint density at radius 1 is 0.793 bits per heavy atom. The molecule has 0 bridgehead atoms. The lowest BCUT2D eigenvalue weighted by molar-refractivity contribution is 0.482. The lowest BCUT2D eigenvalue weighted by Gasteiger charge is -2.20. The number of hydrogen-bond acceptors (Lipinski definition) is 3. The summed E-state index contributed by atoms with van der Waals surface area (Å²) in [7, 11) is -3.64. The highest BCUT2D eigenvalue weighted by Gasteiger charge is 2.19. The number of hydrogen-bond donors (Lipinski definition) is 1. The molecular formula is C24H27NO3S. The summed E-state index contributed by atoms with van der Waals surface area (Å²) in [5.41, 5.74) is 2.20. The molecule has 1 unspecified atom stereocenters. The first-order valence-electron chi connectivity index (χ1n) is 9.61. The quantitative estimate of drug-likeness (QED) is 0.558. The number of sulfonamides is 1. The van der Waals surface area contributed by atoms with Crippen molar-refractivity contribution in [3.8, 4) is 11.5 Å². The maximum atomic E-state index is 12.8. The Balaban J connectivity index is 1.70. The van der Waals surface area contributed by atoms with E-state index in [2.05, 4.69) is 37.6 Å². The fourth-order valence-electron chi connectivity index (χ4n) is 2.95. The van der Waals surface area contributed by atoms with Crippen molar-refractivity contribution in [3.05, 3.63) is 90.0 Å². The van der Waals surface area contributed by atoms with E-state index in [1.165, 1.54) is 5.56 Å². The van der Waals surface area contributed by atoms with Crippen LogP contribution in [-0.4, -0.2) is 8.42 Å². The Kier molecular flexibility index (Phi) is 6.10. The fourth-order valence-corrected chi connectivity index (χ4v) is 4.18. The third-order valence-electron chi connectivity index (χ3n) is 4.72. The summed E-state index contributed by atoms with van der Waals surface area (Å²) in [6.45, 7) is 8.30. The molecular weight excluding hydrogens is 382 g/mol. The maximum Gasteiger partial charge on any atom is 0.241 e. The summed E-state index contributed by atoms with van der Waals surface area (Å²) < 4.78 is 34.0. The fraction of sp³-hybridized carbons (Fsp3) is 0.250. The predicted octanol–water partition coefficient (Wildman–Crippen LogP) is 5.82. The molecule has 4 nitrogen and oxygen atoms in total. The highest BCUT2D eigenvalue weighted by atomic mass is 32.2. The molecule has 3 aromatic rings. The topological polar surface area (TPSA) is 55.4 Å². The molecule has 0 heterocycles. The summed E-state index contributed by atoms with van der Waals surface area (Å²) in [6.07, 6.45) is 0. The van der Waals surface area contributed by atoms with Crippen LogP contribution in [-0.2, 0) is 15.4 Å². The van der Waals surface area contributed by atoms with Crippen LogP contribution in [0.3, 0.4) is 0 Å². The molecule has 0 radical (unpaired) electrons. The lowest BCUT2D eigenvalue weighted by Crippen LogP contribution is -2.27. The Morgan fingerprint density at radius 3 is 1.90 bits per heavy atom. The molecule has 0 spiro atoms. The van der Waals surface area contributed by atoms with Crippen LogP contribution in [0.25, 0.3) is 0 Å². The van der Waals surface area contributed by atoms with Crippen molar-refractivity contribution >= 4 is 10.0 Å². The molecule has 1 N–H and O–H groups in total. The van der Waals surface area contributed by atoms with E-state index < -0.39 is 10.0 Å². The van der Waals surface area contributed by atoms with Gasteiger partial charge < -0.3 is 4.74 Å². The summed E-state index contributed by atoms with van der Waals surface area (Å²) in [5, 5.41) is 0. The molecule has 5 heteroatoms. The minimum atomic E-state index is -3.64. The van der Waals surface area contributed by atoms with Gasteiger partial charge in [-0.15, -0.1) is 0 Å². The van der Waals surface area contributed by atoms with Crippen LogP contribution in [0, 0.1) is 0 Å². The molecule has 1 atom stereocenters. The van der Waals surface area contributed by atoms with Gasteiger partial charge in [0.15, 0.2) is 0 Å². The Morgan fingerprint density at radius 2 is 1.34 bits per heavy atom. The molecule has 0 aliphatic rings. The second-order valence-corrected chi connectivity index (χ2v) is 9.82. The van der Waals surface area contributed by atoms with E-state index in [9.17, 15) is 8.42 Å². The largest absolute Gasteiger partial charge is 0.457 e. The van der Waals surface area contributed by atoms with Crippen LogP contribution in [0.5, 0.6) is 11.5 Å². The van der Waals surface area contributed by atoms with Crippen LogP contribution in [0.15, 0.2) is 83.8 Å². The van der Waals surface area contributed by atoms with E-state index in [-0.39, 0.29) is 16.4 Å². The SMILES string of the molecule is CC(NS(=O)(=O)c1ccc(Oc2ccccc2)cc1)c1ccc(C(C)(C)C)cc1. The first kappa shape index (κ1) is 21.1. The first-order valence-corrected chi connectivity index (χ1v) is 11.1. The van der Waals surface area contributed by atoms with Gasteiger partial charge >= 0.3 is 0 Å². The van der Waals surface area contributed by atoms with Crippen LogP contribution >= 0.6 is 0 Å². The highest BCUT2D eigenvalue weighted by Crippen LogP contribution is 2.26. The summed E-state index contributed by atoms with van der Waals surface area (Å²) >= 11 is 0. The molecule has 3 aromatic carbocycles. The van der Waals surface area contributed by atoms with Crippen molar-refractivity contribution in [3.63, 3.8) is 0 Å². The van der Waals surface area contributed by atoms with Gasteiger partial charge in [-0.1, -0.05) is 63.2 Å². The second-order valence-electron chi connectivity index (χ2n) is 8.10. The van der Waals surface area contributed by atoms with Gasteiger partial charge in [-0.25, -0.2) is 13.1 Å². The van der Waals surface area contributed by atoms with E-state index in [4.69, 9.17) is 4.74 Å². The average Bonchev–Trinajstić information content (AvgIpc) is 2.68. The van der Waals surface area contributed by atoms with Gasteiger partial charge in [0.05, 0.1) is 4.90 Å². The van der Waals surface area contributed by atoms with Crippen molar-refractivity contribution < 1.29 is 13.2 Å². The summed E-state index contributed by atoms with van der Waals surface area (Å²) in [4.78, 5) is 0.205. The molecule has 3 rings (SSSR count). The van der Waals surface area contributed by atoms with Gasteiger partial charge in [0.2, 0.25) is 10.0 Å². The molecule has 0 aromatic heterocycles. The lowest BCUT2D eigenvalue weighted by atomic mass is 9.86. The van der Waals surface area contributed by atoms with Crippen LogP contribution in [0.1, 0.15) is 44.9 Å². The van der Waals surface area contributed by atoms with Gasteiger partial charge in [-0.3, -0.25) is 0 Å². The van der Waals surface area contributed by atoms with Gasteiger partial charge in [0.25, 0.3) is 0 Å². The van der Waals surface area contributed by atoms with Gasteiger partial charge in [-0.2, -0.15) is 0 Å². The number of para-hydroxylation sites is 1. The minimum absolute atomic E-state index is 0.0604. The number of ether oxygens (including phenoxy) is 1. The molecule has 0 saturated carbocycles. The normalized spacial score (nSPS) is 13.1. The maximum absolute atomic E-state index is 12.8. The molecule has 29 heavy (non-hydrogen) atoms. The predicted molar refractivity (Wildman–Crippen MR) is 117 cm³/mol. The van der Waals surface area contributed by atoms with Gasteiger partial charge in [0, 0.05) is 6.04 Å². The monoisotopic (exact) mass is 409 g/mol. The van der Waals surface area contributed by atoms with Crippen molar-refractivity contribution in [2.24, 2.45) is 0 Å². The molecule has 0 amide bonds. The van der Waals surface area contributed by atoms with E-state index in [0.29, 0.717) is 11.5 Å². The Hall–Kier alpha value is -2.63. The van der Waals surface area contributed by atoms with Crippen molar-refractivity contribution in [1.29, 1.82) is 0 Å². The van der Waals surface area contributed by atoms with Crippen LogP contribution in [0.2, 0.25) is 0 Å². The number of rotatable bonds is 6. The summed E-state index contributed by atoms with van der Waals surface area (Å²) in [5.74, 6) is 1.29. The Labute approximate surface area is 173 Å². The molecule has 0 fully saturated rings. The Bertz CT molecular complexity index is 1040.